The summed E-state index contributed by atoms with van der Waals surface area (Å²) in [7, 11) is -0.0286. The molecule has 2 nitrogen and oxygen atoms in total. The summed E-state index contributed by atoms with van der Waals surface area (Å²) >= 11 is 0. The number of halogens is 3. The smallest absolute Gasteiger partial charge is 0.430 e. The highest BCUT2D eigenvalue weighted by Crippen LogP contribution is 2.31. The predicted octanol–water partition coefficient (Wildman–Crippen LogP) is 5.42. The van der Waals surface area contributed by atoms with Crippen molar-refractivity contribution in [2.75, 3.05) is 0 Å². The highest BCUT2D eigenvalue weighted by Gasteiger charge is 2.29. The summed E-state index contributed by atoms with van der Waals surface area (Å²) in [6.07, 6.45) is -1.50. The van der Waals surface area contributed by atoms with E-state index in [1.54, 1.807) is 0 Å². The third-order valence-corrected chi connectivity index (χ3v) is 6.40. The normalized spacial score (nSPS) is 11.0. The zero-order valence-corrected chi connectivity index (χ0v) is 17.4. The number of rotatable bonds is 6. The summed E-state index contributed by atoms with van der Waals surface area (Å²) in [6, 6.07) is 30.9. The molecule has 0 saturated heterocycles. The Morgan fingerprint density at radius 3 is 1.57 bits per heavy atom. The van der Waals surface area contributed by atoms with Crippen LogP contribution in [0.15, 0.2) is 99.6 Å². The molecule has 3 rings (SSSR count). The number of aliphatic carboxylic acids is 1. The maximum Gasteiger partial charge on any atom is 0.430 e. The monoisotopic (exact) mass is 432 g/mol. The summed E-state index contributed by atoms with van der Waals surface area (Å²) in [5.74, 6) is -3.01. The lowest BCUT2D eigenvalue weighted by Crippen LogP contribution is -2.37. The molecule has 0 atom stereocenters. The Hall–Kier alpha value is -2.73. The van der Waals surface area contributed by atoms with Crippen molar-refractivity contribution in [1.29, 1.82) is 0 Å². The minimum atomic E-state index is -5.19. The molecule has 0 fully saturated rings. The number of unbranched alkanes of at least 4 members (excludes halogenated alkanes) is 1. The van der Waals surface area contributed by atoms with Crippen LogP contribution >= 0.6 is 0 Å². The van der Waals surface area contributed by atoms with Crippen molar-refractivity contribution in [2.24, 2.45) is 0 Å². The second kappa shape index (κ2) is 11.5. The highest BCUT2D eigenvalue weighted by atomic mass is 32.2. The van der Waals surface area contributed by atoms with Gasteiger partial charge in [-0.1, -0.05) is 61.9 Å². The van der Waals surface area contributed by atoms with Crippen LogP contribution in [0.3, 0.4) is 0 Å². The van der Waals surface area contributed by atoms with Gasteiger partial charge in [0.25, 0.3) is 0 Å². The summed E-state index contributed by atoms with van der Waals surface area (Å²) in [5.41, 5.74) is 1.44. The van der Waals surface area contributed by atoms with Gasteiger partial charge in [0.05, 0.1) is 10.9 Å². The van der Waals surface area contributed by atoms with Crippen molar-refractivity contribution < 1.29 is 23.1 Å². The van der Waals surface area contributed by atoms with E-state index in [1.807, 2.05) is 0 Å². The summed E-state index contributed by atoms with van der Waals surface area (Å²) < 4.78 is 31.5. The summed E-state index contributed by atoms with van der Waals surface area (Å²) in [6.45, 7) is 2.25. The summed E-state index contributed by atoms with van der Waals surface area (Å²) in [5, 5.41) is 8.78. The van der Waals surface area contributed by atoms with Gasteiger partial charge in [-0.25, -0.2) is 0 Å². The molecule has 0 aromatic heterocycles. The number of alkyl halides is 3. The van der Waals surface area contributed by atoms with Gasteiger partial charge < -0.3 is 9.90 Å². The Morgan fingerprint density at radius 1 is 0.800 bits per heavy atom. The molecule has 0 heterocycles. The molecule has 3 aromatic carbocycles. The van der Waals surface area contributed by atoms with Gasteiger partial charge in [0, 0.05) is 0 Å². The third kappa shape index (κ3) is 7.26. The molecule has 0 N–H and O–H groups in total. The minimum absolute atomic E-state index is 0.0286. The first-order chi connectivity index (χ1) is 14.3. The van der Waals surface area contributed by atoms with Crippen LogP contribution in [0.4, 0.5) is 13.2 Å². The lowest BCUT2D eigenvalue weighted by Gasteiger charge is -2.08. The van der Waals surface area contributed by atoms with Gasteiger partial charge in [0.1, 0.15) is 5.97 Å². The predicted molar refractivity (Wildman–Crippen MR) is 111 cm³/mol. The van der Waals surface area contributed by atoms with Gasteiger partial charge >= 0.3 is 6.18 Å². The molecular formula is C24H23F3O2S. The fourth-order valence-electron chi connectivity index (χ4n) is 2.69. The number of carbonyl (C=O) groups excluding carboxylic acids is 1. The Labute approximate surface area is 177 Å². The topological polar surface area (TPSA) is 40.1 Å². The number of hydrogen-bond donors (Lipinski definition) is 0. The first-order valence-electron chi connectivity index (χ1n) is 9.54. The van der Waals surface area contributed by atoms with Gasteiger partial charge in [-0.05, 0) is 54.8 Å². The molecule has 6 heteroatoms. The average Bonchev–Trinajstić information content (AvgIpc) is 2.75. The van der Waals surface area contributed by atoms with Crippen molar-refractivity contribution in [3.8, 4) is 0 Å². The maximum atomic E-state index is 10.5. The first kappa shape index (κ1) is 23.5. The number of carbonyl (C=O) groups is 1. The van der Waals surface area contributed by atoms with E-state index < -0.39 is 12.1 Å². The van der Waals surface area contributed by atoms with Crippen LogP contribution in [-0.4, -0.2) is 12.1 Å². The van der Waals surface area contributed by atoms with Gasteiger partial charge in [-0.15, -0.1) is 0 Å². The van der Waals surface area contributed by atoms with E-state index in [-0.39, 0.29) is 10.9 Å². The van der Waals surface area contributed by atoms with Gasteiger partial charge in [-0.3, -0.25) is 0 Å². The Kier molecular flexibility index (Phi) is 8.99. The van der Waals surface area contributed by atoms with Crippen LogP contribution in [0.2, 0.25) is 0 Å². The fraction of sp³-hybridized carbons (Fsp3) is 0.208. The first-order valence-corrected chi connectivity index (χ1v) is 10.8. The molecule has 0 radical (unpaired) electrons. The Bertz CT molecular complexity index is 856. The van der Waals surface area contributed by atoms with Crippen LogP contribution in [0.25, 0.3) is 0 Å². The van der Waals surface area contributed by atoms with Gasteiger partial charge in [0.15, 0.2) is 14.7 Å². The van der Waals surface area contributed by atoms with Crippen LogP contribution < -0.4 is 5.11 Å². The van der Waals surface area contributed by atoms with Crippen molar-refractivity contribution >= 4 is 16.9 Å². The molecule has 0 unspecified atom stereocenters. The third-order valence-electron chi connectivity index (χ3n) is 4.17. The number of benzene rings is 3. The zero-order chi connectivity index (χ0) is 22.0. The maximum absolute atomic E-state index is 10.5. The van der Waals surface area contributed by atoms with E-state index in [1.165, 1.54) is 39.5 Å². The molecule has 158 valence electrons. The van der Waals surface area contributed by atoms with Crippen LogP contribution in [0.5, 0.6) is 0 Å². The van der Waals surface area contributed by atoms with E-state index in [4.69, 9.17) is 9.90 Å². The fourth-order valence-corrected chi connectivity index (χ4v) is 4.78. The van der Waals surface area contributed by atoms with Crippen molar-refractivity contribution in [2.45, 2.75) is 47.0 Å². The largest absolute Gasteiger partial charge is 0.542 e. The quantitative estimate of drug-likeness (QED) is 0.488. The van der Waals surface area contributed by atoms with Gasteiger partial charge in [0.2, 0.25) is 0 Å². The summed E-state index contributed by atoms with van der Waals surface area (Å²) in [4.78, 5) is 12.9. The lowest BCUT2D eigenvalue weighted by molar-refractivity contribution is -0.344. The standard InChI is InChI=1S/C22H23S.C2HF3O2/c1-2-3-10-19-15-17-22(18-16-19)23(20-11-6-4-7-12-20)21-13-8-5-9-14-21;3-2(4,5)1(6)7/h4-9,11-18H,2-3,10H2,1H3;(H,6,7)/q+1;/p-1. The molecule has 0 bridgehead atoms. The Balaban J connectivity index is 0.000000396. The lowest BCUT2D eigenvalue weighted by atomic mass is 10.1. The van der Waals surface area contributed by atoms with E-state index in [0.717, 1.165) is 0 Å². The van der Waals surface area contributed by atoms with Crippen molar-refractivity contribution in [1.82, 2.24) is 0 Å². The molecule has 0 aliphatic rings. The number of aryl methyl sites for hydroxylation is 1. The molecule has 0 amide bonds. The SMILES string of the molecule is CCCCc1ccc([S+](c2ccccc2)c2ccccc2)cc1.O=C([O-])C(F)(F)F. The molecule has 0 aliphatic heterocycles. The highest BCUT2D eigenvalue weighted by molar-refractivity contribution is 7.97. The molecule has 0 spiro atoms. The van der Waals surface area contributed by atoms with Crippen LogP contribution in [0, 0.1) is 0 Å². The molecule has 30 heavy (non-hydrogen) atoms. The minimum Gasteiger partial charge on any atom is -0.542 e. The molecular weight excluding hydrogens is 409 g/mol. The molecule has 3 aromatic rings. The van der Waals surface area contributed by atoms with E-state index in [2.05, 4.69) is 91.9 Å². The van der Waals surface area contributed by atoms with E-state index in [9.17, 15) is 13.2 Å². The zero-order valence-electron chi connectivity index (χ0n) is 16.6. The second-order valence-corrected chi connectivity index (χ2v) is 8.49. The van der Waals surface area contributed by atoms with Gasteiger partial charge in [-0.2, -0.15) is 13.2 Å². The number of hydrogen-bond acceptors (Lipinski definition) is 2. The van der Waals surface area contributed by atoms with Crippen molar-refractivity contribution in [3.05, 3.63) is 90.5 Å². The number of carboxylic acids is 1. The Morgan fingerprint density at radius 2 is 1.20 bits per heavy atom. The second-order valence-electron chi connectivity index (χ2n) is 6.47. The average molecular weight is 433 g/mol. The molecule has 0 aliphatic carbocycles. The van der Waals surface area contributed by atoms with E-state index >= 15 is 0 Å². The van der Waals surface area contributed by atoms with Crippen LogP contribution in [-0.2, 0) is 22.1 Å². The van der Waals surface area contributed by atoms with Crippen molar-refractivity contribution in [3.63, 3.8) is 0 Å². The molecule has 0 saturated carbocycles. The van der Waals surface area contributed by atoms with E-state index in [0.29, 0.717) is 0 Å². The van der Waals surface area contributed by atoms with Crippen LogP contribution in [0.1, 0.15) is 25.3 Å². The number of carboxylic acid groups (broad SMARTS) is 1.